The lowest BCUT2D eigenvalue weighted by atomic mass is 10.1. The van der Waals surface area contributed by atoms with Gasteiger partial charge in [-0.25, -0.2) is 0 Å². The molecular weight excluding hydrogens is 210 g/mol. The van der Waals surface area contributed by atoms with Gasteiger partial charge < -0.3 is 5.32 Å². The number of rotatable bonds is 1. The van der Waals surface area contributed by atoms with Gasteiger partial charge in [-0.05, 0) is 31.4 Å². The van der Waals surface area contributed by atoms with Crippen molar-refractivity contribution in [3.8, 4) is 6.07 Å². The van der Waals surface area contributed by atoms with E-state index in [0.717, 1.165) is 35.6 Å². The number of aliphatic imine (C=N–C) groups is 1. The van der Waals surface area contributed by atoms with E-state index in [9.17, 15) is 0 Å². The molecule has 0 aliphatic carbocycles. The molecule has 0 fully saturated rings. The SMILES string of the molecule is Cc1cccc(NC2=NCCCCC2)c1C#N. The van der Waals surface area contributed by atoms with Crippen LogP contribution >= 0.6 is 0 Å². The van der Waals surface area contributed by atoms with Gasteiger partial charge in [0.25, 0.3) is 0 Å². The molecule has 0 spiro atoms. The Morgan fingerprint density at radius 1 is 1.29 bits per heavy atom. The van der Waals surface area contributed by atoms with Crippen molar-refractivity contribution in [2.45, 2.75) is 32.6 Å². The standard InChI is InChI=1S/C14H17N3/c1-11-6-5-7-13(12(11)10-15)17-14-8-3-2-4-9-16-14/h5-7H,2-4,8-9H2,1H3,(H,16,17). The first-order valence-electron chi connectivity index (χ1n) is 6.11. The van der Waals surface area contributed by atoms with Crippen molar-refractivity contribution in [3.05, 3.63) is 29.3 Å². The average Bonchev–Trinajstić information content (AvgIpc) is 2.58. The van der Waals surface area contributed by atoms with E-state index in [4.69, 9.17) is 5.26 Å². The Kier molecular flexibility index (Phi) is 3.77. The molecular formula is C14H17N3. The number of nitriles is 1. The van der Waals surface area contributed by atoms with Crippen molar-refractivity contribution in [1.29, 1.82) is 5.26 Å². The van der Waals surface area contributed by atoms with Crippen LogP contribution in [0.3, 0.4) is 0 Å². The number of nitrogens with one attached hydrogen (secondary N) is 1. The first-order valence-corrected chi connectivity index (χ1v) is 6.11. The summed E-state index contributed by atoms with van der Waals surface area (Å²) in [7, 11) is 0. The van der Waals surface area contributed by atoms with Crippen LogP contribution in [0.4, 0.5) is 5.69 Å². The van der Waals surface area contributed by atoms with Gasteiger partial charge in [0.05, 0.1) is 11.3 Å². The van der Waals surface area contributed by atoms with Crippen molar-refractivity contribution >= 4 is 11.5 Å². The summed E-state index contributed by atoms with van der Waals surface area (Å²) in [5.41, 5.74) is 2.61. The second-order valence-corrected chi connectivity index (χ2v) is 4.37. The Morgan fingerprint density at radius 2 is 2.18 bits per heavy atom. The minimum atomic E-state index is 0.722. The summed E-state index contributed by atoms with van der Waals surface area (Å²) in [6.07, 6.45) is 4.58. The quantitative estimate of drug-likeness (QED) is 0.800. The molecule has 1 aliphatic rings. The lowest BCUT2D eigenvalue weighted by Crippen LogP contribution is -2.12. The molecule has 0 bridgehead atoms. The fourth-order valence-corrected chi connectivity index (χ4v) is 2.05. The number of amidine groups is 1. The van der Waals surface area contributed by atoms with Crippen LogP contribution < -0.4 is 5.32 Å². The highest BCUT2D eigenvalue weighted by Crippen LogP contribution is 2.19. The summed E-state index contributed by atoms with van der Waals surface area (Å²) < 4.78 is 0. The molecule has 1 aromatic carbocycles. The lowest BCUT2D eigenvalue weighted by Gasteiger charge is -2.11. The van der Waals surface area contributed by atoms with Crippen LogP contribution in [0.1, 0.15) is 36.8 Å². The van der Waals surface area contributed by atoms with E-state index in [1.807, 2.05) is 25.1 Å². The molecule has 0 amide bonds. The zero-order chi connectivity index (χ0) is 12.1. The Hall–Kier alpha value is -1.82. The first kappa shape index (κ1) is 11.7. The van der Waals surface area contributed by atoms with Gasteiger partial charge in [-0.1, -0.05) is 18.6 Å². The normalized spacial score (nSPS) is 15.6. The average molecular weight is 227 g/mol. The van der Waals surface area contributed by atoms with Gasteiger partial charge in [0.15, 0.2) is 0 Å². The molecule has 1 N–H and O–H groups in total. The van der Waals surface area contributed by atoms with Crippen LogP contribution in [0.2, 0.25) is 0 Å². The van der Waals surface area contributed by atoms with E-state index in [-0.39, 0.29) is 0 Å². The highest BCUT2D eigenvalue weighted by molar-refractivity contribution is 5.96. The van der Waals surface area contributed by atoms with Crippen molar-refractivity contribution in [2.75, 3.05) is 11.9 Å². The zero-order valence-corrected chi connectivity index (χ0v) is 10.2. The maximum atomic E-state index is 9.15. The van der Waals surface area contributed by atoms with Gasteiger partial charge in [-0.15, -0.1) is 0 Å². The van der Waals surface area contributed by atoms with Crippen LogP contribution in [-0.4, -0.2) is 12.4 Å². The highest BCUT2D eigenvalue weighted by atomic mass is 15.0. The molecule has 0 saturated carbocycles. The minimum absolute atomic E-state index is 0.722. The van der Waals surface area contributed by atoms with Gasteiger partial charge in [0.2, 0.25) is 0 Å². The van der Waals surface area contributed by atoms with E-state index in [2.05, 4.69) is 16.4 Å². The van der Waals surface area contributed by atoms with Crippen LogP contribution in [-0.2, 0) is 0 Å². The zero-order valence-electron chi connectivity index (χ0n) is 10.2. The number of aryl methyl sites for hydroxylation is 1. The predicted molar refractivity (Wildman–Crippen MR) is 70.3 cm³/mol. The third-order valence-corrected chi connectivity index (χ3v) is 3.04. The number of anilines is 1. The second-order valence-electron chi connectivity index (χ2n) is 4.37. The Bertz CT molecular complexity index is 469. The van der Waals surface area contributed by atoms with E-state index in [1.165, 1.54) is 19.3 Å². The van der Waals surface area contributed by atoms with Gasteiger partial charge in [-0.2, -0.15) is 5.26 Å². The lowest BCUT2D eigenvalue weighted by molar-refractivity contribution is 0.731. The van der Waals surface area contributed by atoms with Crippen LogP contribution in [0, 0.1) is 18.3 Å². The van der Waals surface area contributed by atoms with Crippen LogP contribution in [0.25, 0.3) is 0 Å². The number of hydrogen-bond acceptors (Lipinski definition) is 3. The summed E-state index contributed by atoms with van der Waals surface area (Å²) in [5.74, 6) is 1.02. The summed E-state index contributed by atoms with van der Waals surface area (Å²) in [4.78, 5) is 4.52. The molecule has 0 radical (unpaired) electrons. The van der Waals surface area contributed by atoms with E-state index in [1.54, 1.807) is 0 Å². The van der Waals surface area contributed by atoms with E-state index < -0.39 is 0 Å². The molecule has 2 rings (SSSR count). The van der Waals surface area contributed by atoms with Crippen molar-refractivity contribution in [1.82, 2.24) is 0 Å². The second kappa shape index (κ2) is 5.49. The molecule has 0 atom stereocenters. The molecule has 3 heteroatoms. The highest BCUT2D eigenvalue weighted by Gasteiger charge is 2.08. The molecule has 1 heterocycles. The fourth-order valence-electron chi connectivity index (χ4n) is 2.05. The van der Waals surface area contributed by atoms with Crippen molar-refractivity contribution in [3.63, 3.8) is 0 Å². The number of hydrogen-bond donors (Lipinski definition) is 1. The van der Waals surface area contributed by atoms with E-state index >= 15 is 0 Å². The Labute approximate surface area is 102 Å². The fraction of sp³-hybridized carbons (Fsp3) is 0.429. The third-order valence-electron chi connectivity index (χ3n) is 3.04. The number of nitrogens with zero attached hydrogens (tertiary/aromatic N) is 2. The molecule has 1 aliphatic heterocycles. The molecule has 3 nitrogen and oxygen atoms in total. The molecule has 0 saturated heterocycles. The van der Waals surface area contributed by atoms with Crippen molar-refractivity contribution < 1.29 is 0 Å². The Morgan fingerprint density at radius 3 is 3.00 bits per heavy atom. The summed E-state index contributed by atoms with van der Waals surface area (Å²) in [5, 5.41) is 12.5. The van der Waals surface area contributed by atoms with Gasteiger partial charge in [0, 0.05) is 13.0 Å². The largest absolute Gasteiger partial charge is 0.343 e. The first-order chi connectivity index (χ1) is 8.31. The maximum absolute atomic E-state index is 9.15. The molecule has 1 aromatic rings. The van der Waals surface area contributed by atoms with Gasteiger partial charge in [0.1, 0.15) is 11.9 Å². The maximum Gasteiger partial charge on any atom is 0.102 e. The Balaban J connectivity index is 2.21. The smallest absolute Gasteiger partial charge is 0.102 e. The van der Waals surface area contributed by atoms with Crippen LogP contribution in [0.5, 0.6) is 0 Å². The van der Waals surface area contributed by atoms with E-state index in [0.29, 0.717) is 0 Å². The summed E-state index contributed by atoms with van der Waals surface area (Å²) in [6, 6.07) is 8.12. The summed E-state index contributed by atoms with van der Waals surface area (Å²) in [6.45, 7) is 2.86. The molecule has 17 heavy (non-hydrogen) atoms. The van der Waals surface area contributed by atoms with Gasteiger partial charge in [-0.3, -0.25) is 4.99 Å². The molecule has 88 valence electrons. The minimum Gasteiger partial charge on any atom is -0.343 e. The predicted octanol–water partition coefficient (Wildman–Crippen LogP) is 3.25. The number of benzene rings is 1. The van der Waals surface area contributed by atoms with Gasteiger partial charge >= 0.3 is 0 Å². The van der Waals surface area contributed by atoms with Crippen molar-refractivity contribution in [2.24, 2.45) is 4.99 Å². The summed E-state index contributed by atoms with van der Waals surface area (Å²) >= 11 is 0. The topological polar surface area (TPSA) is 48.2 Å². The monoisotopic (exact) mass is 227 g/mol. The molecule has 0 aromatic heterocycles. The van der Waals surface area contributed by atoms with Crippen LogP contribution in [0.15, 0.2) is 23.2 Å². The molecule has 0 unspecified atom stereocenters. The third kappa shape index (κ3) is 2.85.